The molecule has 0 aromatic carbocycles. The van der Waals surface area contributed by atoms with Gasteiger partial charge in [0.25, 0.3) is 0 Å². The molecule has 0 aromatic rings. The maximum absolute atomic E-state index is 11.9. The topological polar surface area (TPSA) is 49.4 Å². The summed E-state index contributed by atoms with van der Waals surface area (Å²) in [4.78, 5) is 25.0. The van der Waals surface area contributed by atoms with Gasteiger partial charge in [-0.05, 0) is 25.6 Å². The van der Waals surface area contributed by atoms with Crippen molar-refractivity contribution >= 4 is 23.6 Å². The Morgan fingerprint density at radius 3 is 2.53 bits per heavy atom. The van der Waals surface area contributed by atoms with Crippen LogP contribution in [0.4, 0.5) is 0 Å². The summed E-state index contributed by atoms with van der Waals surface area (Å²) in [5, 5.41) is 3.25. The van der Waals surface area contributed by atoms with Gasteiger partial charge in [-0.1, -0.05) is 26.7 Å². The Bertz CT molecular complexity index is 308. The summed E-state index contributed by atoms with van der Waals surface area (Å²) >= 11 is 1.48. The third-order valence-electron chi connectivity index (χ3n) is 3.35. The Hall–Kier alpha value is -0.550. The van der Waals surface area contributed by atoms with Crippen molar-refractivity contribution in [3.63, 3.8) is 0 Å². The fourth-order valence-corrected chi connectivity index (χ4v) is 2.85. The summed E-state index contributed by atoms with van der Waals surface area (Å²) in [6.45, 7) is 5.94. The van der Waals surface area contributed by atoms with Crippen molar-refractivity contribution < 1.29 is 9.59 Å². The monoisotopic (exact) mass is 286 g/mol. The Kier molecular flexibility index (Phi) is 7.46. The van der Waals surface area contributed by atoms with Crippen LogP contribution in [0.5, 0.6) is 0 Å². The number of carbonyl (C=O) groups excluding carboxylic acids is 2. The van der Waals surface area contributed by atoms with E-state index in [-0.39, 0.29) is 17.1 Å². The van der Waals surface area contributed by atoms with Crippen LogP contribution in [-0.2, 0) is 9.59 Å². The quantitative estimate of drug-likeness (QED) is 0.520. The van der Waals surface area contributed by atoms with Gasteiger partial charge >= 0.3 is 0 Å². The minimum absolute atomic E-state index is 0.00539. The van der Waals surface area contributed by atoms with Gasteiger partial charge in [0.05, 0.1) is 5.25 Å². The fraction of sp³-hybridized carbons (Fsp3) is 0.857. The van der Waals surface area contributed by atoms with E-state index in [0.717, 1.165) is 32.2 Å². The normalized spacial score (nSPS) is 19.8. The number of likely N-dealkylation sites (tertiary alicyclic amines) is 1. The number of thioether (sulfide) groups is 1. The van der Waals surface area contributed by atoms with Gasteiger partial charge < -0.3 is 5.32 Å². The van der Waals surface area contributed by atoms with Crippen LogP contribution in [0, 0.1) is 0 Å². The van der Waals surface area contributed by atoms with Crippen LogP contribution in [0.15, 0.2) is 0 Å². The lowest BCUT2D eigenvalue weighted by molar-refractivity contribution is -0.138. The molecule has 1 fully saturated rings. The van der Waals surface area contributed by atoms with Crippen LogP contribution >= 0.6 is 11.8 Å². The molecule has 0 aromatic heterocycles. The van der Waals surface area contributed by atoms with Crippen LogP contribution in [-0.4, -0.2) is 47.4 Å². The van der Waals surface area contributed by atoms with E-state index in [2.05, 4.69) is 19.2 Å². The van der Waals surface area contributed by atoms with E-state index >= 15 is 0 Å². The molecular formula is C14H26N2O2S. The van der Waals surface area contributed by atoms with Crippen LogP contribution in [0.1, 0.15) is 46.0 Å². The Balaban J connectivity index is 2.09. The van der Waals surface area contributed by atoms with E-state index in [1.54, 1.807) is 0 Å². The largest absolute Gasteiger partial charge is 0.315 e. The highest BCUT2D eigenvalue weighted by Crippen LogP contribution is 2.23. The molecule has 1 N–H and O–H groups in total. The Morgan fingerprint density at radius 2 is 1.95 bits per heavy atom. The Morgan fingerprint density at radius 1 is 1.26 bits per heavy atom. The predicted octanol–water partition coefficient (Wildman–Crippen LogP) is 2.04. The fourth-order valence-electron chi connectivity index (χ4n) is 2.21. The average Bonchev–Trinajstić information content (AvgIpc) is 2.64. The van der Waals surface area contributed by atoms with Crippen LogP contribution in [0.25, 0.3) is 0 Å². The standard InChI is InChI=1S/C14H26N2O2S/c1-11(2)15-8-6-4-5-7-9-16-13(17)10-12(19-3)14(16)18/h11-12,15H,4-10H2,1-3H3. The van der Waals surface area contributed by atoms with Crippen molar-refractivity contribution in [2.45, 2.75) is 57.2 Å². The molecule has 0 aliphatic carbocycles. The number of amides is 2. The van der Waals surface area contributed by atoms with Crippen molar-refractivity contribution in [2.24, 2.45) is 0 Å². The molecule has 1 saturated heterocycles. The molecule has 0 spiro atoms. The second-order valence-corrected chi connectivity index (χ2v) is 6.38. The Labute approximate surface area is 120 Å². The zero-order valence-electron chi connectivity index (χ0n) is 12.3. The minimum Gasteiger partial charge on any atom is -0.315 e. The zero-order valence-corrected chi connectivity index (χ0v) is 13.1. The van der Waals surface area contributed by atoms with Gasteiger partial charge in [-0.15, -0.1) is 0 Å². The van der Waals surface area contributed by atoms with E-state index in [1.165, 1.54) is 16.7 Å². The molecule has 1 heterocycles. The lowest BCUT2D eigenvalue weighted by Crippen LogP contribution is -2.32. The molecule has 1 atom stereocenters. The number of unbranched alkanes of at least 4 members (excludes halogenated alkanes) is 3. The first kappa shape index (κ1) is 16.5. The molecule has 19 heavy (non-hydrogen) atoms. The van der Waals surface area contributed by atoms with Gasteiger partial charge in [-0.25, -0.2) is 0 Å². The van der Waals surface area contributed by atoms with Gasteiger partial charge in [0.1, 0.15) is 0 Å². The molecule has 0 saturated carbocycles. The van der Waals surface area contributed by atoms with Crippen molar-refractivity contribution in [1.29, 1.82) is 0 Å². The first-order chi connectivity index (χ1) is 9.06. The summed E-state index contributed by atoms with van der Waals surface area (Å²) in [7, 11) is 0. The molecule has 1 unspecified atom stereocenters. The number of imide groups is 1. The van der Waals surface area contributed by atoms with Crippen molar-refractivity contribution in [2.75, 3.05) is 19.3 Å². The molecule has 1 rings (SSSR count). The smallest absolute Gasteiger partial charge is 0.242 e. The molecule has 0 bridgehead atoms. The lowest BCUT2D eigenvalue weighted by Gasteiger charge is -2.14. The maximum Gasteiger partial charge on any atom is 0.242 e. The third-order valence-corrected chi connectivity index (χ3v) is 4.29. The van der Waals surface area contributed by atoms with Gasteiger partial charge in [-0.3, -0.25) is 14.5 Å². The van der Waals surface area contributed by atoms with E-state index in [0.29, 0.717) is 19.0 Å². The highest BCUT2D eigenvalue weighted by atomic mass is 32.2. The number of nitrogens with one attached hydrogen (secondary N) is 1. The van der Waals surface area contributed by atoms with Gasteiger partial charge in [0, 0.05) is 19.0 Å². The zero-order chi connectivity index (χ0) is 14.3. The second kappa shape index (κ2) is 8.59. The van der Waals surface area contributed by atoms with E-state index in [9.17, 15) is 9.59 Å². The van der Waals surface area contributed by atoms with Crippen LogP contribution in [0.3, 0.4) is 0 Å². The van der Waals surface area contributed by atoms with E-state index < -0.39 is 0 Å². The highest BCUT2D eigenvalue weighted by Gasteiger charge is 2.37. The minimum atomic E-state index is -0.136. The van der Waals surface area contributed by atoms with Gasteiger partial charge in [0.2, 0.25) is 11.8 Å². The van der Waals surface area contributed by atoms with Crippen LogP contribution in [0.2, 0.25) is 0 Å². The van der Waals surface area contributed by atoms with Crippen LogP contribution < -0.4 is 5.32 Å². The molecule has 1 aliphatic heterocycles. The molecule has 2 amide bonds. The number of rotatable bonds is 9. The number of hydrogen-bond acceptors (Lipinski definition) is 4. The number of carbonyl (C=O) groups is 2. The summed E-state index contributed by atoms with van der Waals surface area (Å²) in [5.41, 5.74) is 0. The first-order valence-electron chi connectivity index (χ1n) is 7.16. The predicted molar refractivity (Wildman–Crippen MR) is 80.2 cm³/mol. The molecular weight excluding hydrogens is 260 g/mol. The summed E-state index contributed by atoms with van der Waals surface area (Å²) in [5.74, 6) is 0.0183. The van der Waals surface area contributed by atoms with Crippen molar-refractivity contribution in [1.82, 2.24) is 10.2 Å². The summed E-state index contributed by atoms with van der Waals surface area (Å²) in [6, 6.07) is 0.545. The van der Waals surface area contributed by atoms with E-state index in [1.807, 2.05) is 6.26 Å². The average molecular weight is 286 g/mol. The van der Waals surface area contributed by atoms with Gasteiger partial charge in [0.15, 0.2) is 0 Å². The summed E-state index contributed by atoms with van der Waals surface area (Å²) < 4.78 is 0. The summed E-state index contributed by atoms with van der Waals surface area (Å²) in [6.07, 6.45) is 6.61. The van der Waals surface area contributed by atoms with Crippen molar-refractivity contribution in [3.8, 4) is 0 Å². The van der Waals surface area contributed by atoms with Crippen molar-refractivity contribution in [3.05, 3.63) is 0 Å². The SMILES string of the molecule is CSC1CC(=O)N(CCCCCCNC(C)C)C1=O. The highest BCUT2D eigenvalue weighted by molar-refractivity contribution is 8.00. The van der Waals surface area contributed by atoms with Gasteiger partial charge in [-0.2, -0.15) is 11.8 Å². The molecule has 1 aliphatic rings. The first-order valence-corrected chi connectivity index (χ1v) is 8.45. The number of hydrogen-bond donors (Lipinski definition) is 1. The second-order valence-electron chi connectivity index (χ2n) is 5.34. The molecule has 0 radical (unpaired) electrons. The third kappa shape index (κ3) is 5.53. The maximum atomic E-state index is 11.9. The molecule has 5 heteroatoms. The molecule has 110 valence electrons. The molecule has 4 nitrogen and oxygen atoms in total. The number of nitrogens with zero attached hydrogens (tertiary/aromatic N) is 1. The lowest BCUT2D eigenvalue weighted by atomic mass is 10.2. The van der Waals surface area contributed by atoms with E-state index in [4.69, 9.17) is 0 Å².